The number of aromatic nitrogens is 4. The molecule has 3 amide bonds. The lowest BCUT2D eigenvalue weighted by Crippen LogP contribution is -2.48. The molecule has 206 valence electrons. The highest BCUT2D eigenvalue weighted by molar-refractivity contribution is 5.92. The Morgan fingerprint density at radius 2 is 1.77 bits per heavy atom. The fourth-order valence-corrected chi connectivity index (χ4v) is 4.60. The summed E-state index contributed by atoms with van der Waals surface area (Å²) in [5, 5.41) is 10.6. The van der Waals surface area contributed by atoms with Crippen LogP contribution in [0.3, 0.4) is 0 Å². The van der Waals surface area contributed by atoms with E-state index in [0.717, 1.165) is 5.56 Å². The van der Waals surface area contributed by atoms with Gasteiger partial charge in [-0.05, 0) is 31.7 Å². The highest BCUT2D eigenvalue weighted by Gasteiger charge is 2.27. The van der Waals surface area contributed by atoms with E-state index < -0.39 is 12.1 Å². The molecule has 0 saturated carbocycles. The molecular weight excluding hydrogens is 498 g/mol. The smallest absolute Gasteiger partial charge is 0.270 e. The van der Waals surface area contributed by atoms with Crippen molar-refractivity contribution in [3.63, 3.8) is 0 Å². The number of fused-ring (bicyclic) bond motifs is 1. The standard InChI is InChI=1S/C28H35N7O4/c1-18(2)17-22-27(38)29-19(3)26-32-25(20-9-5-4-6-10-20)33-35(26)16-15-34(14-8-13-24(37)31-22)28(39)21-11-7-12-23(36)30-21/h4-7,9-12,18-19,22H,8,13-17H2,1-3H3,(H,29,38)(H,30,36)(H,31,37)/t19-,22-/m1/s1. The van der Waals surface area contributed by atoms with E-state index in [4.69, 9.17) is 10.1 Å². The summed E-state index contributed by atoms with van der Waals surface area (Å²) >= 11 is 0. The Balaban J connectivity index is 1.69. The Morgan fingerprint density at radius 3 is 2.49 bits per heavy atom. The number of nitrogens with zero attached hydrogens (tertiary/aromatic N) is 4. The van der Waals surface area contributed by atoms with Crippen molar-refractivity contribution in [1.29, 1.82) is 0 Å². The van der Waals surface area contributed by atoms with Crippen LogP contribution in [0, 0.1) is 5.92 Å². The normalized spacial score (nSPS) is 19.1. The van der Waals surface area contributed by atoms with Gasteiger partial charge in [-0.2, -0.15) is 5.10 Å². The fourth-order valence-electron chi connectivity index (χ4n) is 4.60. The first kappa shape index (κ1) is 27.7. The number of carbonyl (C=O) groups is 3. The van der Waals surface area contributed by atoms with Gasteiger partial charge in [0.2, 0.25) is 17.4 Å². The molecule has 0 fully saturated rings. The van der Waals surface area contributed by atoms with Crippen LogP contribution in [0.15, 0.2) is 53.3 Å². The van der Waals surface area contributed by atoms with Crippen molar-refractivity contribution in [1.82, 2.24) is 35.3 Å². The maximum absolute atomic E-state index is 13.3. The lowest BCUT2D eigenvalue weighted by atomic mass is 10.0. The van der Waals surface area contributed by atoms with Gasteiger partial charge >= 0.3 is 0 Å². The minimum Gasteiger partial charge on any atom is -0.345 e. The van der Waals surface area contributed by atoms with Gasteiger partial charge in [0.05, 0.1) is 12.6 Å². The van der Waals surface area contributed by atoms with Crippen molar-refractivity contribution < 1.29 is 14.4 Å². The molecule has 1 aromatic carbocycles. The zero-order valence-corrected chi connectivity index (χ0v) is 22.5. The van der Waals surface area contributed by atoms with E-state index in [0.29, 0.717) is 31.0 Å². The van der Waals surface area contributed by atoms with Crippen molar-refractivity contribution in [3.8, 4) is 11.4 Å². The number of H-pyrrole nitrogens is 1. The van der Waals surface area contributed by atoms with E-state index in [-0.39, 0.29) is 54.4 Å². The Kier molecular flexibility index (Phi) is 8.90. The van der Waals surface area contributed by atoms with Gasteiger partial charge in [-0.15, -0.1) is 0 Å². The van der Waals surface area contributed by atoms with Crippen molar-refractivity contribution in [3.05, 3.63) is 70.4 Å². The van der Waals surface area contributed by atoms with Gasteiger partial charge in [-0.25, -0.2) is 9.67 Å². The molecular formula is C28H35N7O4. The molecule has 11 heteroatoms. The highest BCUT2D eigenvalue weighted by Crippen LogP contribution is 2.20. The number of aromatic amines is 1. The minimum atomic E-state index is -0.694. The Hall–Kier alpha value is -4.28. The summed E-state index contributed by atoms with van der Waals surface area (Å²) in [6.45, 7) is 6.67. The van der Waals surface area contributed by atoms with E-state index in [1.807, 2.05) is 51.1 Å². The zero-order chi connectivity index (χ0) is 27.9. The van der Waals surface area contributed by atoms with E-state index in [2.05, 4.69) is 15.6 Å². The number of hydrogen-bond donors (Lipinski definition) is 3. The van der Waals surface area contributed by atoms with Crippen LogP contribution in [0.2, 0.25) is 0 Å². The van der Waals surface area contributed by atoms with Gasteiger partial charge in [-0.1, -0.05) is 50.2 Å². The molecule has 1 aliphatic rings. The molecule has 39 heavy (non-hydrogen) atoms. The van der Waals surface area contributed by atoms with E-state index >= 15 is 0 Å². The van der Waals surface area contributed by atoms with Crippen molar-refractivity contribution in [2.75, 3.05) is 13.1 Å². The third-order valence-electron chi connectivity index (χ3n) is 6.54. The molecule has 0 bridgehead atoms. The van der Waals surface area contributed by atoms with Crippen LogP contribution in [0.4, 0.5) is 0 Å². The lowest BCUT2D eigenvalue weighted by molar-refractivity contribution is -0.129. The van der Waals surface area contributed by atoms with Crippen molar-refractivity contribution in [2.45, 2.75) is 58.7 Å². The first-order valence-electron chi connectivity index (χ1n) is 13.3. The van der Waals surface area contributed by atoms with Gasteiger partial charge in [-0.3, -0.25) is 19.2 Å². The van der Waals surface area contributed by atoms with Crippen LogP contribution >= 0.6 is 0 Å². The van der Waals surface area contributed by atoms with Crippen LogP contribution < -0.4 is 16.2 Å². The molecule has 0 aliphatic carbocycles. The minimum absolute atomic E-state index is 0.152. The second-order valence-corrected chi connectivity index (χ2v) is 10.2. The van der Waals surface area contributed by atoms with Gasteiger partial charge in [0.25, 0.3) is 5.91 Å². The molecule has 0 spiro atoms. The first-order valence-corrected chi connectivity index (χ1v) is 13.3. The van der Waals surface area contributed by atoms with Crippen molar-refractivity contribution >= 4 is 17.7 Å². The molecule has 4 rings (SSSR count). The van der Waals surface area contributed by atoms with E-state index in [9.17, 15) is 19.2 Å². The maximum Gasteiger partial charge on any atom is 0.270 e. The summed E-state index contributed by atoms with van der Waals surface area (Å²) in [5.74, 6) is 0.356. The molecule has 3 heterocycles. The molecule has 2 aromatic heterocycles. The number of amides is 3. The summed E-state index contributed by atoms with van der Waals surface area (Å²) in [5.41, 5.74) is 0.636. The Labute approximate surface area is 227 Å². The average molecular weight is 534 g/mol. The summed E-state index contributed by atoms with van der Waals surface area (Å²) < 4.78 is 1.71. The van der Waals surface area contributed by atoms with Crippen LogP contribution in [-0.2, 0) is 16.1 Å². The Morgan fingerprint density at radius 1 is 1.00 bits per heavy atom. The second kappa shape index (κ2) is 12.5. The lowest BCUT2D eigenvalue weighted by Gasteiger charge is -2.26. The number of carbonyl (C=O) groups excluding carboxylic acids is 3. The third-order valence-corrected chi connectivity index (χ3v) is 6.54. The van der Waals surface area contributed by atoms with Crippen molar-refractivity contribution in [2.24, 2.45) is 5.92 Å². The molecule has 3 N–H and O–H groups in total. The number of pyridine rings is 1. The second-order valence-electron chi connectivity index (χ2n) is 10.2. The summed E-state index contributed by atoms with van der Waals surface area (Å²) in [6, 6.07) is 12.8. The largest absolute Gasteiger partial charge is 0.345 e. The molecule has 11 nitrogen and oxygen atoms in total. The predicted molar refractivity (Wildman–Crippen MR) is 146 cm³/mol. The molecule has 0 saturated heterocycles. The van der Waals surface area contributed by atoms with Crippen LogP contribution in [0.1, 0.15) is 62.4 Å². The van der Waals surface area contributed by atoms with Crippen LogP contribution in [0.25, 0.3) is 11.4 Å². The van der Waals surface area contributed by atoms with Gasteiger partial charge in [0.1, 0.15) is 17.6 Å². The summed E-state index contributed by atoms with van der Waals surface area (Å²) in [6.07, 6.45) is 1.03. The number of benzene rings is 1. The Bertz CT molecular complexity index is 1370. The summed E-state index contributed by atoms with van der Waals surface area (Å²) in [7, 11) is 0. The van der Waals surface area contributed by atoms with E-state index in [1.165, 1.54) is 12.1 Å². The van der Waals surface area contributed by atoms with Gasteiger partial charge in [0, 0.05) is 31.1 Å². The molecule has 2 atom stereocenters. The highest BCUT2D eigenvalue weighted by atomic mass is 16.2. The predicted octanol–water partition coefficient (Wildman–Crippen LogP) is 2.28. The fraction of sp³-hybridized carbons (Fsp3) is 0.429. The number of hydrogen-bond acceptors (Lipinski definition) is 6. The SMILES string of the molecule is CC(C)C[C@H]1NC(=O)CCCN(C(=O)c2cccc(=O)[nH]2)CCn2nc(-c3ccccc3)nc2[C@@H](C)NC1=O. The van der Waals surface area contributed by atoms with E-state index in [1.54, 1.807) is 15.6 Å². The zero-order valence-electron chi connectivity index (χ0n) is 22.5. The monoisotopic (exact) mass is 533 g/mol. The number of nitrogens with one attached hydrogen (secondary N) is 3. The third kappa shape index (κ3) is 7.18. The number of rotatable bonds is 4. The molecule has 3 aromatic rings. The van der Waals surface area contributed by atoms with Gasteiger partial charge in [0.15, 0.2) is 5.82 Å². The molecule has 0 radical (unpaired) electrons. The maximum atomic E-state index is 13.3. The van der Waals surface area contributed by atoms with Gasteiger partial charge < -0.3 is 20.5 Å². The van der Waals surface area contributed by atoms with Crippen LogP contribution in [0.5, 0.6) is 0 Å². The molecule has 0 unspecified atom stereocenters. The summed E-state index contributed by atoms with van der Waals surface area (Å²) in [4.78, 5) is 60.1. The van der Waals surface area contributed by atoms with Crippen LogP contribution in [-0.4, -0.2) is 61.5 Å². The average Bonchev–Trinajstić information content (AvgIpc) is 3.34. The quantitative estimate of drug-likeness (QED) is 0.470. The molecule has 1 aliphatic heterocycles. The topological polar surface area (TPSA) is 142 Å². The first-order chi connectivity index (χ1) is 18.7.